The summed E-state index contributed by atoms with van der Waals surface area (Å²) in [5, 5.41) is 0.574. The molecule has 4 nitrogen and oxygen atoms in total. The average molecular weight is 297 g/mol. The fraction of sp³-hybridized carbons (Fsp3) is 0.533. The molecule has 1 heterocycles. The number of esters is 1. The summed E-state index contributed by atoms with van der Waals surface area (Å²) < 4.78 is 16.9. The Morgan fingerprint density at radius 2 is 2.00 bits per heavy atom. The summed E-state index contributed by atoms with van der Waals surface area (Å²) in [7, 11) is 1.36. The van der Waals surface area contributed by atoms with Gasteiger partial charge in [-0.05, 0) is 18.9 Å². The molecule has 1 saturated carbocycles. The van der Waals surface area contributed by atoms with Gasteiger partial charge in [-0.25, -0.2) is 4.79 Å². The lowest BCUT2D eigenvalue weighted by Gasteiger charge is -2.21. The smallest absolute Gasteiger partial charge is 0.338 e. The second kappa shape index (κ2) is 5.35. The fourth-order valence-electron chi connectivity index (χ4n) is 2.98. The zero-order chi connectivity index (χ0) is 14.2. The van der Waals surface area contributed by atoms with E-state index in [9.17, 15) is 4.79 Å². The summed E-state index contributed by atoms with van der Waals surface area (Å²) in [5.41, 5.74) is 0.772. The SMILES string of the molecule is COC(=O)C1OC2(CCCC2)OC1c1ccccc1Cl. The summed E-state index contributed by atoms with van der Waals surface area (Å²) in [6.45, 7) is 0. The molecule has 0 N–H and O–H groups in total. The molecule has 2 aliphatic rings. The van der Waals surface area contributed by atoms with E-state index in [0.29, 0.717) is 5.02 Å². The van der Waals surface area contributed by atoms with E-state index in [-0.39, 0.29) is 0 Å². The van der Waals surface area contributed by atoms with Crippen LogP contribution in [0.25, 0.3) is 0 Å². The highest BCUT2D eigenvalue weighted by Crippen LogP contribution is 2.48. The van der Waals surface area contributed by atoms with Crippen molar-refractivity contribution in [3.05, 3.63) is 34.9 Å². The van der Waals surface area contributed by atoms with E-state index < -0.39 is 24.0 Å². The molecule has 2 atom stereocenters. The van der Waals surface area contributed by atoms with E-state index in [1.807, 2.05) is 18.2 Å². The Labute approximate surface area is 123 Å². The Hall–Kier alpha value is -1.10. The molecule has 0 radical (unpaired) electrons. The van der Waals surface area contributed by atoms with Gasteiger partial charge in [0.1, 0.15) is 6.10 Å². The molecule has 1 aliphatic carbocycles. The third-order valence-corrected chi connectivity index (χ3v) is 4.31. The molecule has 20 heavy (non-hydrogen) atoms. The van der Waals surface area contributed by atoms with E-state index in [4.69, 9.17) is 25.8 Å². The molecule has 1 aliphatic heterocycles. The third-order valence-electron chi connectivity index (χ3n) is 3.97. The number of carbonyl (C=O) groups is 1. The molecule has 1 saturated heterocycles. The van der Waals surface area contributed by atoms with Gasteiger partial charge in [-0.3, -0.25) is 0 Å². The largest absolute Gasteiger partial charge is 0.467 e. The fourth-order valence-corrected chi connectivity index (χ4v) is 3.23. The van der Waals surface area contributed by atoms with E-state index >= 15 is 0 Å². The van der Waals surface area contributed by atoms with Gasteiger partial charge in [0.25, 0.3) is 0 Å². The van der Waals surface area contributed by atoms with Crippen LogP contribution in [0.5, 0.6) is 0 Å². The van der Waals surface area contributed by atoms with Crippen LogP contribution >= 0.6 is 11.6 Å². The molecule has 0 amide bonds. The van der Waals surface area contributed by atoms with Crippen LogP contribution < -0.4 is 0 Å². The van der Waals surface area contributed by atoms with Crippen LogP contribution in [0.2, 0.25) is 5.02 Å². The summed E-state index contributed by atoms with van der Waals surface area (Å²) in [4.78, 5) is 12.0. The highest BCUT2D eigenvalue weighted by atomic mass is 35.5. The lowest BCUT2D eigenvalue weighted by Crippen LogP contribution is -2.30. The Balaban J connectivity index is 1.94. The molecule has 0 bridgehead atoms. The van der Waals surface area contributed by atoms with Gasteiger partial charge in [-0.15, -0.1) is 0 Å². The number of rotatable bonds is 2. The van der Waals surface area contributed by atoms with Crippen molar-refractivity contribution in [2.75, 3.05) is 7.11 Å². The van der Waals surface area contributed by atoms with Crippen LogP contribution in [-0.4, -0.2) is 25.0 Å². The van der Waals surface area contributed by atoms with E-state index in [0.717, 1.165) is 31.2 Å². The topological polar surface area (TPSA) is 44.8 Å². The first-order valence-corrected chi connectivity index (χ1v) is 7.21. The van der Waals surface area contributed by atoms with Gasteiger partial charge in [0, 0.05) is 23.4 Å². The predicted molar refractivity (Wildman–Crippen MR) is 73.4 cm³/mol. The van der Waals surface area contributed by atoms with Crippen LogP contribution in [0.15, 0.2) is 24.3 Å². The van der Waals surface area contributed by atoms with Crippen molar-refractivity contribution in [3.63, 3.8) is 0 Å². The number of ether oxygens (including phenoxy) is 3. The zero-order valence-corrected chi connectivity index (χ0v) is 12.1. The summed E-state index contributed by atoms with van der Waals surface area (Å²) in [6.07, 6.45) is 2.45. The van der Waals surface area contributed by atoms with Crippen molar-refractivity contribution in [1.29, 1.82) is 0 Å². The van der Waals surface area contributed by atoms with Crippen LogP contribution in [0, 0.1) is 0 Å². The first-order valence-electron chi connectivity index (χ1n) is 6.83. The number of methoxy groups -OCH3 is 1. The van der Waals surface area contributed by atoms with Crippen molar-refractivity contribution >= 4 is 17.6 Å². The molecule has 2 fully saturated rings. The predicted octanol–water partition coefficient (Wildman–Crippen LogP) is 3.24. The second-order valence-corrected chi connectivity index (χ2v) is 5.65. The summed E-state index contributed by atoms with van der Waals surface area (Å²) >= 11 is 6.22. The number of benzene rings is 1. The molecule has 0 aromatic heterocycles. The first-order chi connectivity index (χ1) is 9.65. The van der Waals surface area contributed by atoms with Crippen molar-refractivity contribution in [3.8, 4) is 0 Å². The minimum atomic E-state index is -0.752. The monoisotopic (exact) mass is 296 g/mol. The molecule has 2 unspecified atom stereocenters. The summed E-state index contributed by atoms with van der Waals surface area (Å²) in [5.74, 6) is -1.07. The maximum absolute atomic E-state index is 12.0. The van der Waals surface area contributed by atoms with Gasteiger partial charge in [-0.2, -0.15) is 0 Å². The standard InChI is InChI=1S/C15H17ClO4/c1-18-14(17)13-12(10-6-2-3-7-11(10)16)19-15(20-13)8-4-5-9-15/h2-3,6-7,12-13H,4-5,8-9H2,1H3. The number of hydrogen-bond acceptors (Lipinski definition) is 4. The van der Waals surface area contributed by atoms with Crippen molar-refractivity contribution in [1.82, 2.24) is 0 Å². The maximum atomic E-state index is 12.0. The maximum Gasteiger partial charge on any atom is 0.338 e. The van der Waals surface area contributed by atoms with Crippen LogP contribution in [0.1, 0.15) is 37.4 Å². The van der Waals surface area contributed by atoms with Gasteiger partial charge in [-0.1, -0.05) is 29.8 Å². The average Bonchev–Trinajstić information content (AvgIpc) is 3.07. The van der Waals surface area contributed by atoms with Crippen LogP contribution in [0.4, 0.5) is 0 Å². The van der Waals surface area contributed by atoms with Crippen LogP contribution in [0.3, 0.4) is 0 Å². The Bertz CT molecular complexity index is 510. The number of hydrogen-bond donors (Lipinski definition) is 0. The molecule has 5 heteroatoms. The van der Waals surface area contributed by atoms with Gasteiger partial charge in [0.2, 0.25) is 0 Å². The van der Waals surface area contributed by atoms with E-state index in [1.54, 1.807) is 6.07 Å². The van der Waals surface area contributed by atoms with Crippen molar-refractivity contribution in [2.24, 2.45) is 0 Å². The minimum absolute atomic E-state index is 0.418. The highest BCUT2D eigenvalue weighted by Gasteiger charge is 2.53. The second-order valence-electron chi connectivity index (χ2n) is 5.24. The molecular weight excluding hydrogens is 280 g/mol. The van der Waals surface area contributed by atoms with Crippen molar-refractivity contribution in [2.45, 2.75) is 43.7 Å². The molecule has 1 aromatic rings. The third kappa shape index (κ3) is 2.32. The molecule has 3 rings (SSSR count). The Morgan fingerprint density at radius 3 is 2.65 bits per heavy atom. The number of carbonyl (C=O) groups excluding carboxylic acids is 1. The first kappa shape index (κ1) is 13.9. The molecule has 1 aromatic carbocycles. The van der Waals surface area contributed by atoms with Gasteiger partial charge in [0.15, 0.2) is 11.9 Å². The summed E-state index contributed by atoms with van der Waals surface area (Å²) in [6, 6.07) is 7.37. The lowest BCUT2D eigenvalue weighted by atomic mass is 10.0. The molecule has 1 spiro atoms. The molecule has 108 valence electrons. The van der Waals surface area contributed by atoms with Gasteiger partial charge < -0.3 is 14.2 Å². The minimum Gasteiger partial charge on any atom is -0.467 e. The lowest BCUT2D eigenvalue weighted by molar-refractivity contribution is -0.180. The highest BCUT2D eigenvalue weighted by molar-refractivity contribution is 6.31. The Morgan fingerprint density at radius 1 is 1.30 bits per heavy atom. The quantitative estimate of drug-likeness (QED) is 0.786. The Kier molecular flexibility index (Phi) is 3.71. The normalized spacial score (nSPS) is 27.9. The molecular formula is C15H17ClO4. The number of halogens is 1. The van der Waals surface area contributed by atoms with Crippen molar-refractivity contribution < 1.29 is 19.0 Å². The van der Waals surface area contributed by atoms with Crippen LogP contribution in [-0.2, 0) is 19.0 Å². The van der Waals surface area contributed by atoms with E-state index in [1.165, 1.54) is 7.11 Å². The van der Waals surface area contributed by atoms with Gasteiger partial charge >= 0.3 is 5.97 Å². The van der Waals surface area contributed by atoms with E-state index in [2.05, 4.69) is 0 Å². The zero-order valence-electron chi connectivity index (χ0n) is 11.3. The van der Waals surface area contributed by atoms with Gasteiger partial charge in [0.05, 0.1) is 7.11 Å².